The number of sulfone groups is 1. The number of amides is 1. The summed E-state index contributed by atoms with van der Waals surface area (Å²) in [6, 6.07) is 1.76. The van der Waals surface area contributed by atoms with Crippen LogP contribution in [0.15, 0.2) is 28.4 Å². The Balaban J connectivity index is 1.59. The van der Waals surface area contributed by atoms with Crippen LogP contribution in [0.25, 0.3) is 10.6 Å². The average molecular weight is 352 g/mol. The van der Waals surface area contributed by atoms with Crippen molar-refractivity contribution in [2.24, 2.45) is 0 Å². The molecule has 0 radical (unpaired) electrons. The third-order valence-electron chi connectivity index (χ3n) is 4.27. The molecule has 6 nitrogen and oxygen atoms in total. The van der Waals surface area contributed by atoms with Crippen LogP contribution in [0.2, 0.25) is 0 Å². The van der Waals surface area contributed by atoms with Gasteiger partial charge in [-0.15, -0.1) is 11.3 Å². The van der Waals surface area contributed by atoms with Gasteiger partial charge < -0.3 is 9.32 Å². The van der Waals surface area contributed by atoms with Gasteiger partial charge in [-0.2, -0.15) is 0 Å². The van der Waals surface area contributed by atoms with E-state index in [1.165, 1.54) is 11.3 Å². The van der Waals surface area contributed by atoms with E-state index in [9.17, 15) is 13.2 Å². The Labute approximate surface area is 138 Å². The maximum Gasteiger partial charge on any atom is 0.273 e. The van der Waals surface area contributed by atoms with Crippen LogP contribution in [0.3, 0.4) is 0 Å². The second kappa shape index (κ2) is 5.45. The van der Waals surface area contributed by atoms with E-state index in [0.717, 1.165) is 23.4 Å². The van der Waals surface area contributed by atoms with Gasteiger partial charge in [0.15, 0.2) is 9.84 Å². The third kappa shape index (κ3) is 2.92. The quantitative estimate of drug-likeness (QED) is 0.843. The molecule has 0 aromatic carbocycles. The molecule has 1 saturated carbocycles. The molecule has 1 aliphatic carbocycles. The van der Waals surface area contributed by atoms with Gasteiger partial charge in [-0.1, -0.05) is 0 Å². The Morgan fingerprint density at radius 1 is 1.30 bits per heavy atom. The molecule has 0 spiro atoms. The summed E-state index contributed by atoms with van der Waals surface area (Å²) in [7, 11) is -3.02. The summed E-state index contributed by atoms with van der Waals surface area (Å²) in [5, 5.41) is 2.47. The van der Waals surface area contributed by atoms with E-state index >= 15 is 0 Å². The molecule has 2 fully saturated rings. The molecule has 1 amide bonds. The molecule has 2 aliphatic rings. The van der Waals surface area contributed by atoms with E-state index in [1.807, 2.05) is 0 Å². The Kier molecular flexibility index (Phi) is 3.53. The van der Waals surface area contributed by atoms with Crippen LogP contribution in [-0.2, 0) is 9.84 Å². The standard InChI is InChI=1S/C15H16N2O4S2/c18-15(13-8-22-14(16-13)10-3-5-21-7-10)17(11-1-2-11)12-4-6-23(19,20)9-12/h3,5,7-8,11-12H,1-2,4,6,9H2. The predicted molar refractivity (Wildman–Crippen MR) is 86.1 cm³/mol. The van der Waals surface area contributed by atoms with Crippen molar-refractivity contribution in [2.75, 3.05) is 11.5 Å². The minimum absolute atomic E-state index is 0.0773. The van der Waals surface area contributed by atoms with Crippen LogP contribution in [0.1, 0.15) is 29.8 Å². The zero-order valence-electron chi connectivity index (χ0n) is 12.3. The number of aromatic nitrogens is 1. The van der Waals surface area contributed by atoms with Crippen molar-refractivity contribution in [1.29, 1.82) is 0 Å². The molecule has 8 heteroatoms. The fourth-order valence-electron chi connectivity index (χ4n) is 3.00. The summed E-state index contributed by atoms with van der Waals surface area (Å²) in [5.74, 6) is 0.0972. The summed E-state index contributed by atoms with van der Waals surface area (Å²) in [5.41, 5.74) is 1.23. The van der Waals surface area contributed by atoms with Crippen LogP contribution < -0.4 is 0 Å². The molecule has 4 rings (SSSR count). The highest BCUT2D eigenvalue weighted by Crippen LogP contribution is 2.34. The predicted octanol–water partition coefficient (Wildman–Crippen LogP) is 2.19. The van der Waals surface area contributed by atoms with Gasteiger partial charge in [0, 0.05) is 23.0 Å². The highest BCUT2D eigenvalue weighted by Gasteiger charge is 2.42. The summed E-state index contributed by atoms with van der Waals surface area (Å²) in [4.78, 5) is 19.0. The number of thiazole rings is 1. The number of hydrogen-bond donors (Lipinski definition) is 0. The van der Waals surface area contributed by atoms with Gasteiger partial charge in [-0.25, -0.2) is 13.4 Å². The fraction of sp³-hybridized carbons (Fsp3) is 0.467. The second-order valence-electron chi connectivity index (χ2n) is 6.05. The number of rotatable bonds is 4. The fourth-order valence-corrected chi connectivity index (χ4v) is 5.49. The van der Waals surface area contributed by atoms with Crippen molar-refractivity contribution >= 4 is 27.1 Å². The highest BCUT2D eigenvalue weighted by atomic mass is 32.2. The lowest BCUT2D eigenvalue weighted by molar-refractivity contribution is 0.0675. The largest absolute Gasteiger partial charge is 0.472 e. The normalized spacial score (nSPS) is 23.0. The van der Waals surface area contributed by atoms with Crippen molar-refractivity contribution in [1.82, 2.24) is 9.88 Å². The smallest absolute Gasteiger partial charge is 0.273 e. The molecule has 0 N–H and O–H groups in total. The number of hydrogen-bond acceptors (Lipinski definition) is 6. The SMILES string of the molecule is O=C(c1csc(-c2ccoc2)n1)N(C1CC1)C1CCS(=O)(=O)C1. The van der Waals surface area contributed by atoms with Crippen molar-refractivity contribution < 1.29 is 17.6 Å². The van der Waals surface area contributed by atoms with Gasteiger partial charge in [0.1, 0.15) is 17.0 Å². The van der Waals surface area contributed by atoms with Crippen molar-refractivity contribution in [2.45, 2.75) is 31.3 Å². The van der Waals surface area contributed by atoms with Gasteiger partial charge in [0.2, 0.25) is 0 Å². The Morgan fingerprint density at radius 3 is 2.74 bits per heavy atom. The minimum atomic E-state index is -3.02. The first-order valence-electron chi connectivity index (χ1n) is 7.55. The molecular formula is C15H16N2O4S2. The van der Waals surface area contributed by atoms with Crippen molar-refractivity contribution in [3.63, 3.8) is 0 Å². The minimum Gasteiger partial charge on any atom is -0.472 e. The third-order valence-corrected chi connectivity index (χ3v) is 6.91. The molecule has 3 heterocycles. The first kappa shape index (κ1) is 14.9. The summed E-state index contributed by atoms with van der Waals surface area (Å²) < 4.78 is 28.5. The number of nitrogens with zero attached hydrogens (tertiary/aromatic N) is 2. The zero-order valence-corrected chi connectivity index (χ0v) is 14.0. The van der Waals surface area contributed by atoms with Crippen LogP contribution in [0, 0.1) is 0 Å². The Bertz CT molecular complexity index is 822. The van der Waals surface area contributed by atoms with E-state index in [4.69, 9.17) is 4.42 Å². The number of carbonyl (C=O) groups is 1. The van der Waals surface area contributed by atoms with Crippen molar-refractivity contribution in [3.05, 3.63) is 29.7 Å². The van der Waals surface area contributed by atoms with Crippen LogP contribution in [-0.4, -0.2) is 47.8 Å². The van der Waals surface area contributed by atoms with E-state index in [-0.39, 0.29) is 29.5 Å². The molecule has 2 aromatic heterocycles. The summed E-state index contributed by atoms with van der Waals surface area (Å²) in [6.45, 7) is 0. The second-order valence-corrected chi connectivity index (χ2v) is 9.14. The molecule has 1 atom stereocenters. The molecule has 1 aliphatic heterocycles. The van der Waals surface area contributed by atoms with Crippen LogP contribution in [0.4, 0.5) is 0 Å². The molecular weight excluding hydrogens is 336 g/mol. The Morgan fingerprint density at radius 2 is 2.13 bits per heavy atom. The van der Waals surface area contributed by atoms with Crippen LogP contribution in [0.5, 0.6) is 0 Å². The van der Waals surface area contributed by atoms with Gasteiger partial charge >= 0.3 is 0 Å². The highest BCUT2D eigenvalue weighted by molar-refractivity contribution is 7.91. The van der Waals surface area contributed by atoms with Crippen molar-refractivity contribution in [3.8, 4) is 10.6 Å². The van der Waals surface area contributed by atoms with Gasteiger partial charge in [0.05, 0.1) is 17.8 Å². The molecule has 1 unspecified atom stereocenters. The lowest BCUT2D eigenvalue weighted by atomic mass is 10.2. The maximum atomic E-state index is 12.9. The Hall–Kier alpha value is -1.67. The van der Waals surface area contributed by atoms with E-state index in [0.29, 0.717) is 12.1 Å². The molecule has 0 bridgehead atoms. The summed E-state index contributed by atoms with van der Waals surface area (Å²) in [6.07, 6.45) is 5.58. The van der Waals surface area contributed by atoms with E-state index < -0.39 is 9.84 Å². The van der Waals surface area contributed by atoms with Gasteiger partial charge in [0.25, 0.3) is 5.91 Å². The molecule has 23 heavy (non-hydrogen) atoms. The topological polar surface area (TPSA) is 80.5 Å². The molecule has 122 valence electrons. The van der Waals surface area contributed by atoms with Gasteiger partial charge in [-0.3, -0.25) is 4.79 Å². The molecule has 2 aromatic rings. The summed E-state index contributed by atoms with van der Waals surface area (Å²) >= 11 is 1.39. The zero-order chi connectivity index (χ0) is 16.0. The first-order valence-corrected chi connectivity index (χ1v) is 10.2. The van der Waals surface area contributed by atoms with Gasteiger partial charge in [-0.05, 0) is 25.3 Å². The first-order chi connectivity index (χ1) is 11.0. The number of carbonyl (C=O) groups excluding carboxylic acids is 1. The van der Waals surface area contributed by atoms with E-state index in [2.05, 4.69) is 4.98 Å². The maximum absolute atomic E-state index is 12.9. The monoisotopic (exact) mass is 352 g/mol. The lowest BCUT2D eigenvalue weighted by Crippen LogP contribution is -2.42. The van der Waals surface area contributed by atoms with Crippen LogP contribution >= 0.6 is 11.3 Å². The lowest BCUT2D eigenvalue weighted by Gasteiger charge is -2.27. The molecule has 1 saturated heterocycles. The average Bonchev–Trinajstić information content (AvgIpc) is 2.96. The van der Waals surface area contributed by atoms with E-state index in [1.54, 1.807) is 28.9 Å². The number of furan rings is 1.